The maximum Gasteiger partial charge on any atom is 0.320 e. The van der Waals surface area contributed by atoms with Gasteiger partial charge in [-0.05, 0) is 61.1 Å². The van der Waals surface area contributed by atoms with Crippen molar-refractivity contribution in [1.29, 1.82) is 0 Å². The van der Waals surface area contributed by atoms with Crippen LogP contribution in [-0.4, -0.2) is 89.6 Å². The van der Waals surface area contributed by atoms with Crippen LogP contribution in [0, 0.1) is 6.92 Å². The number of hydrogen-bond acceptors (Lipinski definition) is 12. The van der Waals surface area contributed by atoms with E-state index in [1.807, 2.05) is 61.5 Å². The number of anilines is 4. The van der Waals surface area contributed by atoms with Crippen LogP contribution >= 0.6 is 0 Å². The maximum atomic E-state index is 13.3. The third-order valence-corrected chi connectivity index (χ3v) is 10.7. The Kier molecular flexibility index (Phi) is 14.3. The molecule has 3 aromatic carbocycles. The maximum absolute atomic E-state index is 13.3. The summed E-state index contributed by atoms with van der Waals surface area (Å²) >= 11 is 0. The number of morpholine rings is 1. The van der Waals surface area contributed by atoms with Crippen molar-refractivity contribution in [2.75, 3.05) is 53.9 Å². The summed E-state index contributed by atoms with van der Waals surface area (Å²) in [7, 11) is 0. The first-order valence-electron chi connectivity index (χ1n) is 20.8. The second-order valence-corrected chi connectivity index (χ2v) is 15.3. The molecule has 3 aliphatic rings. The first kappa shape index (κ1) is 42.4. The molecule has 5 amide bonds. The number of aromatic nitrogens is 2. The SMILES string of the molecule is Cc1cccc(/C=N/Nc2cc(N3CCOCC3)nc(OCCc3ccc(NC(=O)CCCCCCC(=O)Nc4cccc5c4C(=O)N(C4CCC(=O)NC4=O)C5)cc3)n2)c1. The van der Waals surface area contributed by atoms with Gasteiger partial charge in [-0.25, -0.2) is 0 Å². The van der Waals surface area contributed by atoms with Gasteiger partial charge >= 0.3 is 6.01 Å². The van der Waals surface area contributed by atoms with Crippen LogP contribution in [0.2, 0.25) is 0 Å². The van der Waals surface area contributed by atoms with Gasteiger partial charge in [-0.15, -0.1) is 0 Å². The Morgan fingerprint density at radius 2 is 1.67 bits per heavy atom. The minimum absolute atomic E-state index is 0.0762. The van der Waals surface area contributed by atoms with Crippen LogP contribution in [-0.2, 0) is 36.9 Å². The van der Waals surface area contributed by atoms with Crippen LogP contribution in [0.25, 0.3) is 0 Å². The summed E-state index contributed by atoms with van der Waals surface area (Å²) in [4.78, 5) is 75.6. The number of aryl methyl sites for hydroxylation is 1. The molecule has 1 unspecified atom stereocenters. The van der Waals surface area contributed by atoms with Gasteiger partial charge in [-0.2, -0.15) is 15.1 Å². The first-order chi connectivity index (χ1) is 29.7. The summed E-state index contributed by atoms with van der Waals surface area (Å²) in [6.07, 6.45) is 6.32. The number of hydrazone groups is 1. The van der Waals surface area contributed by atoms with Crippen LogP contribution in [0.5, 0.6) is 6.01 Å². The number of imide groups is 1. The van der Waals surface area contributed by atoms with Crippen LogP contribution in [0.1, 0.15) is 84.0 Å². The molecular weight excluding hydrogens is 779 g/mol. The Hall–Kier alpha value is -6.68. The summed E-state index contributed by atoms with van der Waals surface area (Å²) in [6, 6.07) is 22.3. The first-order valence-corrected chi connectivity index (χ1v) is 20.8. The molecule has 61 heavy (non-hydrogen) atoms. The minimum Gasteiger partial charge on any atom is -0.463 e. The lowest BCUT2D eigenvalue weighted by Gasteiger charge is -2.29. The molecule has 16 heteroatoms. The molecule has 4 heterocycles. The van der Waals surface area contributed by atoms with E-state index in [9.17, 15) is 24.0 Å². The second-order valence-electron chi connectivity index (χ2n) is 15.3. The summed E-state index contributed by atoms with van der Waals surface area (Å²) in [6.45, 7) is 5.30. The highest BCUT2D eigenvalue weighted by Crippen LogP contribution is 2.32. The molecule has 2 saturated heterocycles. The molecule has 4 N–H and O–H groups in total. The van der Waals surface area contributed by atoms with Crippen molar-refractivity contribution in [1.82, 2.24) is 20.2 Å². The van der Waals surface area contributed by atoms with Crippen molar-refractivity contribution < 1.29 is 33.4 Å². The number of rotatable bonds is 18. The summed E-state index contributed by atoms with van der Waals surface area (Å²) in [5, 5.41) is 12.5. The van der Waals surface area contributed by atoms with Gasteiger partial charge in [0, 0.05) is 57.1 Å². The van der Waals surface area contributed by atoms with Gasteiger partial charge in [0.25, 0.3) is 5.91 Å². The van der Waals surface area contributed by atoms with Crippen molar-refractivity contribution in [2.45, 2.75) is 77.3 Å². The number of hydrogen-bond donors (Lipinski definition) is 4. The van der Waals surface area contributed by atoms with Gasteiger partial charge in [0.2, 0.25) is 23.6 Å². The van der Waals surface area contributed by atoms with E-state index in [1.54, 1.807) is 24.4 Å². The average molecular weight is 830 g/mol. The van der Waals surface area contributed by atoms with E-state index < -0.39 is 11.9 Å². The molecule has 318 valence electrons. The molecule has 2 fully saturated rings. The van der Waals surface area contributed by atoms with E-state index >= 15 is 0 Å². The lowest BCUT2D eigenvalue weighted by molar-refractivity contribution is -0.137. The molecule has 0 radical (unpaired) electrons. The van der Waals surface area contributed by atoms with Crippen molar-refractivity contribution >= 4 is 58.8 Å². The predicted molar refractivity (Wildman–Crippen MR) is 231 cm³/mol. The normalized spacial score (nSPS) is 16.3. The van der Waals surface area contributed by atoms with Gasteiger partial charge in [0.15, 0.2) is 5.82 Å². The monoisotopic (exact) mass is 829 g/mol. The zero-order chi connectivity index (χ0) is 42.6. The number of piperidine rings is 1. The van der Waals surface area contributed by atoms with E-state index in [0.29, 0.717) is 81.3 Å². The van der Waals surface area contributed by atoms with Crippen LogP contribution in [0.3, 0.4) is 0 Å². The number of nitrogens with zero attached hydrogens (tertiary/aromatic N) is 5. The Morgan fingerprint density at radius 1 is 0.918 bits per heavy atom. The van der Waals surface area contributed by atoms with Crippen LogP contribution in [0.4, 0.5) is 23.0 Å². The van der Waals surface area contributed by atoms with Crippen LogP contribution in [0.15, 0.2) is 77.9 Å². The Balaban J connectivity index is 0.799. The zero-order valence-electron chi connectivity index (χ0n) is 34.3. The quantitative estimate of drug-likeness (QED) is 0.0436. The molecule has 0 aliphatic carbocycles. The number of carbonyl (C=O) groups excluding carboxylic acids is 5. The molecule has 0 spiro atoms. The highest BCUT2D eigenvalue weighted by Gasteiger charge is 2.40. The third kappa shape index (κ3) is 11.8. The second kappa shape index (κ2) is 20.5. The Bertz CT molecular complexity index is 2260. The third-order valence-electron chi connectivity index (χ3n) is 10.7. The van der Waals surface area contributed by atoms with E-state index in [2.05, 4.69) is 41.3 Å². The van der Waals surface area contributed by atoms with Crippen molar-refractivity contribution in [3.63, 3.8) is 0 Å². The predicted octanol–water partition coefficient (Wildman–Crippen LogP) is 5.37. The molecule has 0 bridgehead atoms. The molecular formula is C45H51N9O7. The number of unbranched alkanes of at least 4 members (excludes halogenated alkanes) is 3. The number of amides is 5. The van der Waals surface area contributed by atoms with Gasteiger partial charge in [-0.1, -0.05) is 66.9 Å². The van der Waals surface area contributed by atoms with Gasteiger partial charge in [0.1, 0.15) is 11.9 Å². The van der Waals surface area contributed by atoms with Crippen molar-refractivity contribution in [3.8, 4) is 6.01 Å². The standard InChI is InChI=1S/C45H51N9O7/c1-30-8-6-9-32(26-30)28-46-52-37-27-38(53-21-24-60-25-22-53)50-45(49-37)61-23-20-31-14-16-34(17-15-31)47-39(55)12-4-2-3-5-13-40(56)48-35-11-7-10-33-29-54(44(59)42(33)35)36-18-19-41(57)51-43(36)58/h6-11,14-17,26-28,36H,2-5,12-13,18-25,29H2,1H3,(H,47,55)(H,48,56)(H,49,50,52)(H,51,57,58)/b46-28+. The lowest BCUT2D eigenvalue weighted by Crippen LogP contribution is -2.52. The number of fused-ring (bicyclic) bond motifs is 1. The highest BCUT2D eigenvalue weighted by molar-refractivity contribution is 6.09. The van der Waals surface area contributed by atoms with E-state index in [1.165, 1.54) is 4.90 Å². The number of ether oxygens (including phenoxy) is 2. The largest absolute Gasteiger partial charge is 0.463 e. The molecule has 1 atom stereocenters. The topological polar surface area (TPSA) is 197 Å². The average Bonchev–Trinajstić information content (AvgIpc) is 3.59. The molecule has 1 aromatic heterocycles. The molecule has 16 nitrogen and oxygen atoms in total. The Morgan fingerprint density at radius 3 is 2.43 bits per heavy atom. The molecule has 7 rings (SSSR count). The summed E-state index contributed by atoms with van der Waals surface area (Å²) in [5.41, 5.74) is 8.42. The smallest absolute Gasteiger partial charge is 0.320 e. The summed E-state index contributed by atoms with van der Waals surface area (Å²) in [5.74, 6) is -0.176. The van der Waals surface area contributed by atoms with E-state index in [-0.39, 0.29) is 55.4 Å². The minimum atomic E-state index is -0.720. The molecule has 4 aromatic rings. The number of nitrogens with one attached hydrogen (secondary N) is 4. The van der Waals surface area contributed by atoms with Gasteiger partial charge in [-0.3, -0.25) is 34.7 Å². The fraction of sp³-hybridized carbons (Fsp3) is 0.378. The lowest BCUT2D eigenvalue weighted by atomic mass is 10.0. The fourth-order valence-electron chi connectivity index (χ4n) is 7.51. The Labute approximate surface area is 354 Å². The molecule has 3 aliphatic heterocycles. The fourth-order valence-corrected chi connectivity index (χ4v) is 7.51. The number of carbonyl (C=O) groups is 5. The summed E-state index contributed by atoms with van der Waals surface area (Å²) < 4.78 is 11.5. The van der Waals surface area contributed by atoms with Crippen molar-refractivity contribution in [3.05, 3.63) is 101 Å². The van der Waals surface area contributed by atoms with E-state index in [4.69, 9.17) is 9.47 Å². The van der Waals surface area contributed by atoms with Gasteiger partial charge in [0.05, 0.1) is 37.3 Å². The van der Waals surface area contributed by atoms with Crippen LogP contribution < -0.4 is 31.0 Å². The van der Waals surface area contributed by atoms with Gasteiger partial charge < -0.3 is 29.9 Å². The molecule has 0 saturated carbocycles. The van der Waals surface area contributed by atoms with E-state index in [0.717, 1.165) is 40.9 Å². The van der Waals surface area contributed by atoms with Crippen molar-refractivity contribution in [2.24, 2.45) is 5.10 Å². The zero-order valence-corrected chi connectivity index (χ0v) is 34.3. The number of benzene rings is 3. The highest BCUT2D eigenvalue weighted by atomic mass is 16.5.